The van der Waals surface area contributed by atoms with Crippen molar-refractivity contribution < 1.29 is 68.1 Å². The maximum Gasteiger partial charge on any atom is 0.343 e. The number of carbonyl (C=O) groups excluding carboxylic acids is 5. The molecule has 0 fully saturated rings. The lowest BCUT2D eigenvalue weighted by Gasteiger charge is -2.17. The molecule has 0 saturated heterocycles. The number of rotatable bonds is 31. The molecule has 0 aliphatic heterocycles. The highest BCUT2D eigenvalue weighted by atomic mass is 16.6. The Hall–Kier alpha value is -10.5. The predicted molar refractivity (Wildman–Crippen MR) is 359 cm³/mol. The van der Waals surface area contributed by atoms with Crippen LogP contribution in [0.4, 0.5) is 0 Å². The summed E-state index contributed by atoms with van der Waals surface area (Å²) in [6, 6.07) is 54.7. The van der Waals surface area contributed by atoms with Crippen LogP contribution in [0.3, 0.4) is 0 Å². The second kappa shape index (κ2) is 33.6. The fourth-order valence-electron chi connectivity index (χ4n) is 11.0. The van der Waals surface area contributed by atoms with Gasteiger partial charge in [-0.05, 0) is 148 Å². The molecule has 1 unspecified atom stereocenters. The molecule has 0 bridgehead atoms. The SMILES string of the molecule is CCCCCCCCCCC(CCCCCCCC)COC(=O)c1ccc(-c2ccc(-c3ccc(-c4ccc(OC(=O)c5ccc(-c6ccc(OC(=O)c7cc(OC(=O)c8cc(O)cc(O)c8)cc(OC(=O)c8cc(O)cc(O)c8)c7)cc6)cc5)cc4)cc3)cc2)cc1. The van der Waals surface area contributed by atoms with Crippen molar-refractivity contribution in [2.24, 2.45) is 5.92 Å². The van der Waals surface area contributed by atoms with E-state index in [1.807, 2.05) is 36.4 Å². The second-order valence-electron chi connectivity index (χ2n) is 23.4. The molecule has 0 aliphatic rings. The fourth-order valence-corrected chi connectivity index (χ4v) is 11.0. The molecule has 9 aromatic rings. The summed E-state index contributed by atoms with van der Waals surface area (Å²) in [5, 5.41) is 39.6. The normalized spacial score (nSPS) is 11.3. The van der Waals surface area contributed by atoms with Crippen molar-refractivity contribution >= 4 is 29.8 Å². The Balaban J connectivity index is 0.746. The van der Waals surface area contributed by atoms with Gasteiger partial charge in [-0.2, -0.15) is 0 Å². The van der Waals surface area contributed by atoms with Crippen molar-refractivity contribution in [3.63, 3.8) is 0 Å². The van der Waals surface area contributed by atoms with Gasteiger partial charge in [0.1, 0.15) is 46.0 Å². The van der Waals surface area contributed by atoms with Crippen molar-refractivity contribution in [2.45, 2.75) is 117 Å². The van der Waals surface area contributed by atoms with Gasteiger partial charge in [-0.3, -0.25) is 0 Å². The fraction of sp³-hybridized carbons (Fsp3) is 0.253. The van der Waals surface area contributed by atoms with E-state index in [0.717, 1.165) is 112 Å². The van der Waals surface area contributed by atoms with Crippen LogP contribution in [0.5, 0.6) is 46.0 Å². The lowest BCUT2D eigenvalue weighted by atomic mass is 9.94. The van der Waals surface area contributed by atoms with E-state index in [9.17, 15) is 44.4 Å². The zero-order valence-electron chi connectivity index (χ0n) is 52.5. The van der Waals surface area contributed by atoms with E-state index in [0.29, 0.717) is 29.4 Å². The van der Waals surface area contributed by atoms with Gasteiger partial charge in [0.15, 0.2) is 0 Å². The monoisotopic (exact) mass is 1250 g/mol. The van der Waals surface area contributed by atoms with E-state index < -0.39 is 46.9 Å². The second-order valence-corrected chi connectivity index (χ2v) is 23.4. The minimum Gasteiger partial charge on any atom is -0.508 e. The summed E-state index contributed by atoms with van der Waals surface area (Å²) < 4.78 is 28.2. The van der Waals surface area contributed by atoms with Gasteiger partial charge in [-0.1, -0.05) is 201 Å². The van der Waals surface area contributed by atoms with Gasteiger partial charge in [-0.25, -0.2) is 24.0 Å². The Morgan fingerprint density at radius 1 is 0.280 bits per heavy atom. The van der Waals surface area contributed by atoms with Gasteiger partial charge in [0.05, 0.1) is 34.4 Å². The molecular weight excluding hydrogens is 1170 g/mol. The van der Waals surface area contributed by atoms with Crippen molar-refractivity contribution in [3.8, 4) is 90.5 Å². The molecule has 0 heterocycles. The summed E-state index contributed by atoms with van der Waals surface area (Å²) in [5.41, 5.74) is 7.85. The number of phenols is 4. The Bertz CT molecular complexity index is 3830. The largest absolute Gasteiger partial charge is 0.508 e. The summed E-state index contributed by atoms with van der Waals surface area (Å²) >= 11 is 0. The summed E-state index contributed by atoms with van der Waals surface area (Å²) in [6.07, 6.45) is 20.2. The first-order valence-electron chi connectivity index (χ1n) is 32.1. The maximum absolute atomic E-state index is 13.6. The van der Waals surface area contributed by atoms with E-state index in [2.05, 4.69) is 62.4 Å². The van der Waals surface area contributed by atoms with Crippen molar-refractivity contribution in [2.75, 3.05) is 6.61 Å². The number of phenolic OH excluding ortho intramolecular Hbond substituents is 4. The Morgan fingerprint density at radius 3 is 0.871 bits per heavy atom. The van der Waals surface area contributed by atoms with E-state index in [1.165, 1.54) is 89.9 Å². The topological polar surface area (TPSA) is 212 Å². The molecule has 9 rings (SSSR count). The number of aromatic hydroxyl groups is 4. The molecule has 0 radical (unpaired) electrons. The molecule has 4 N–H and O–H groups in total. The number of hydrogen-bond acceptors (Lipinski definition) is 14. The van der Waals surface area contributed by atoms with Crippen molar-refractivity contribution in [3.05, 3.63) is 228 Å². The lowest BCUT2D eigenvalue weighted by molar-refractivity contribution is 0.0421. The maximum atomic E-state index is 13.6. The molecular formula is C79H78O14. The molecule has 93 heavy (non-hydrogen) atoms. The Kier molecular flexibility index (Phi) is 24.1. The first-order valence-corrected chi connectivity index (χ1v) is 32.1. The first-order chi connectivity index (χ1) is 45.2. The van der Waals surface area contributed by atoms with Crippen LogP contribution in [0.2, 0.25) is 0 Å². The Morgan fingerprint density at radius 2 is 0.538 bits per heavy atom. The van der Waals surface area contributed by atoms with Gasteiger partial charge in [-0.15, -0.1) is 0 Å². The van der Waals surface area contributed by atoms with Crippen LogP contribution in [0.25, 0.3) is 44.5 Å². The van der Waals surface area contributed by atoms with Gasteiger partial charge >= 0.3 is 29.8 Å². The van der Waals surface area contributed by atoms with Crippen molar-refractivity contribution in [1.82, 2.24) is 0 Å². The van der Waals surface area contributed by atoms with Crippen molar-refractivity contribution in [1.29, 1.82) is 0 Å². The van der Waals surface area contributed by atoms with Crippen LogP contribution < -0.4 is 18.9 Å². The summed E-state index contributed by atoms with van der Waals surface area (Å²) in [7, 11) is 0. The van der Waals surface area contributed by atoms with Gasteiger partial charge < -0.3 is 44.1 Å². The lowest BCUT2D eigenvalue weighted by Crippen LogP contribution is -2.15. The molecule has 0 spiro atoms. The third-order valence-corrected chi connectivity index (χ3v) is 16.2. The van der Waals surface area contributed by atoms with E-state index in [1.54, 1.807) is 60.7 Å². The van der Waals surface area contributed by atoms with Crippen LogP contribution in [0.15, 0.2) is 200 Å². The van der Waals surface area contributed by atoms with Crippen LogP contribution in [0.1, 0.15) is 168 Å². The number of carbonyl (C=O) groups is 5. The molecule has 0 saturated carbocycles. The third-order valence-electron chi connectivity index (χ3n) is 16.2. The van der Waals surface area contributed by atoms with E-state index in [-0.39, 0.29) is 39.9 Å². The smallest absolute Gasteiger partial charge is 0.343 e. The molecule has 14 nitrogen and oxygen atoms in total. The van der Waals surface area contributed by atoms with E-state index >= 15 is 0 Å². The highest BCUT2D eigenvalue weighted by molar-refractivity contribution is 5.96. The van der Waals surface area contributed by atoms with Crippen LogP contribution in [-0.4, -0.2) is 56.9 Å². The average Bonchev–Trinajstić information content (AvgIpc) is 1.07. The molecule has 0 aromatic heterocycles. The summed E-state index contributed by atoms with van der Waals surface area (Å²) in [6.45, 7) is 4.99. The number of ether oxygens (including phenoxy) is 5. The van der Waals surface area contributed by atoms with Crippen LogP contribution in [-0.2, 0) is 4.74 Å². The highest BCUT2D eigenvalue weighted by Gasteiger charge is 2.21. The quantitative estimate of drug-likeness (QED) is 0.0181. The van der Waals surface area contributed by atoms with Gasteiger partial charge in [0.25, 0.3) is 0 Å². The molecule has 0 amide bonds. The molecule has 478 valence electrons. The zero-order valence-corrected chi connectivity index (χ0v) is 52.5. The average molecular weight is 1250 g/mol. The number of hydrogen-bond donors (Lipinski definition) is 4. The third kappa shape index (κ3) is 20.0. The number of esters is 5. The summed E-state index contributed by atoms with van der Waals surface area (Å²) in [5.74, 6) is -5.09. The standard InChI is InChI=1S/C79H78O14/c1-3-5-7-9-11-12-14-16-18-53(17-15-13-10-8-6-4-2)52-89-75(84)62-31-27-58(28-32-62)56-21-19-54(20-22-56)55-23-25-57(26-24-55)60-35-39-71(40-36-60)90-76(85)63-33-29-59(30-34-63)61-37-41-72(42-38-61)91-79(88)66-47-73(92-77(86)64-43-67(80)49-68(81)44-64)51-74(48-66)93-78(87)65-45-69(82)50-70(83)46-65/h19-51,53,80-83H,3-18,52H2,1-2H3. The van der Waals surface area contributed by atoms with Gasteiger partial charge in [0.2, 0.25) is 0 Å². The van der Waals surface area contributed by atoms with Crippen LogP contribution >= 0.6 is 0 Å². The first kappa shape index (κ1) is 66.9. The minimum atomic E-state index is -1.03. The zero-order chi connectivity index (χ0) is 65.5. The molecule has 9 aromatic carbocycles. The summed E-state index contributed by atoms with van der Waals surface area (Å²) in [4.78, 5) is 66.2. The predicted octanol–water partition coefficient (Wildman–Crippen LogP) is 19.1. The van der Waals surface area contributed by atoms with Crippen LogP contribution in [0, 0.1) is 5.92 Å². The molecule has 0 aliphatic carbocycles. The highest BCUT2D eigenvalue weighted by Crippen LogP contribution is 2.33. The van der Waals surface area contributed by atoms with E-state index in [4.69, 9.17) is 23.7 Å². The molecule has 1 atom stereocenters. The minimum absolute atomic E-state index is 0.127. The number of unbranched alkanes of at least 4 members (excludes halogenated alkanes) is 12. The van der Waals surface area contributed by atoms with Gasteiger partial charge in [0, 0.05) is 18.2 Å². The Labute approximate surface area is 543 Å². The molecule has 14 heteroatoms. The number of benzene rings is 9.